The molecule has 0 saturated carbocycles. The molecule has 16 heavy (non-hydrogen) atoms. The summed E-state index contributed by atoms with van der Waals surface area (Å²) in [7, 11) is 0. The number of aliphatic hydroxyl groups is 4. The number of ether oxygens (including phenoxy) is 2. The van der Waals surface area contributed by atoms with E-state index in [1.165, 1.54) is 0 Å². The lowest BCUT2D eigenvalue weighted by atomic mass is 9.99. The van der Waals surface area contributed by atoms with Crippen molar-refractivity contribution in [2.24, 2.45) is 0 Å². The molecule has 4 N–H and O–H groups in total. The molecular weight excluding hydrogens is 216 g/mol. The largest absolute Gasteiger partial charge is 0.394 e. The van der Waals surface area contributed by atoms with Crippen LogP contribution in [-0.2, 0) is 9.47 Å². The first-order valence-electron chi connectivity index (χ1n) is 5.47. The highest BCUT2D eigenvalue weighted by atomic mass is 16.7. The third kappa shape index (κ3) is 2.91. The zero-order valence-electron chi connectivity index (χ0n) is 9.48. The van der Waals surface area contributed by atoms with Crippen LogP contribution in [-0.4, -0.2) is 63.8 Å². The first kappa shape index (κ1) is 13.8. The van der Waals surface area contributed by atoms with Crippen molar-refractivity contribution in [1.29, 1.82) is 0 Å². The van der Waals surface area contributed by atoms with Gasteiger partial charge in [0.2, 0.25) is 0 Å². The summed E-state index contributed by atoms with van der Waals surface area (Å²) >= 11 is 0. The quantitative estimate of drug-likeness (QED) is 0.479. The molecule has 1 saturated heterocycles. The van der Waals surface area contributed by atoms with Crippen molar-refractivity contribution in [2.75, 3.05) is 6.61 Å². The number of rotatable bonds is 4. The summed E-state index contributed by atoms with van der Waals surface area (Å²) in [6.07, 6.45) is -5.36. The maximum absolute atomic E-state index is 9.62. The third-order valence-corrected chi connectivity index (χ3v) is 2.79. The average molecular weight is 236 g/mol. The number of hydrogen-bond donors (Lipinski definition) is 4. The second-order valence-corrected chi connectivity index (χ2v) is 4.05. The van der Waals surface area contributed by atoms with Crippen molar-refractivity contribution < 1.29 is 29.9 Å². The van der Waals surface area contributed by atoms with Gasteiger partial charge in [0.25, 0.3) is 0 Å². The van der Waals surface area contributed by atoms with Gasteiger partial charge in [-0.05, 0) is 13.3 Å². The van der Waals surface area contributed by atoms with Crippen LogP contribution >= 0.6 is 0 Å². The summed E-state index contributed by atoms with van der Waals surface area (Å²) < 4.78 is 10.5. The fourth-order valence-electron chi connectivity index (χ4n) is 1.50. The predicted octanol–water partition coefficient (Wildman–Crippen LogP) is -1.40. The molecule has 0 aromatic carbocycles. The zero-order valence-corrected chi connectivity index (χ0v) is 9.48. The Morgan fingerprint density at radius 3 is 2.31 bits per heavy atom. The number of aliphatic hydroxyl groups excluding tert-OH is 4. The van der Waals surface area contributed by atoms with Crippen LogP contribution in [0.2, 0.25) is 0 Å². The van der Waals surface area contributed by atoms with Crippen LogP contribution < -0.4 is 0 Å². The summed E-state index contributed by atoms with van der Waals surface area (Å²) in [6, 6.07) is 0. The summed E-state index contributed by atoms with van der Waals surface area (Å²) in [5.41, 5.74) is 0. The standard InChI is InChI=1S/C10H20O6/c1-3-5(2)15-10-9(14)8(13)7(12)6(4-11)16-10/h5-14H,3-4H2,1-2H3/t5?,6?,7-,8+,9?,10-/m1/s1. The van der Waals surface area contributed by atoms with E-state index in [-0.39, 0.29) is 6.10 Å². The summed E-state index contributed by atoms with van der Waals surface area (Å²) in [4.78, 5) is 0. The molecule has 3 unspecified atom stereocenters. The molecule has 0 aliphatic carbocycles. The fourth-order valence-corrected chi connectivity index (χ4v) is 1.50. The molecule has 0 amide bonds. The fraction of sp³-hybridized carbons (Fsp3) is 1.00. The molecule has 0 radical (unpaired) electrons. The molecular formula is C10H20O6. The molecule has 1 aliphatic heterocycles. The Labute approximate surface area is 94.4 Å². The molecule has 6 heteroatoms. The lowest BCUT2D eigenvalue weighted by Gasteiger charge is -2.40. The van der Waals surface area contributed by atoms with Crippen molar-refractivity contribution in [3.63, 3.8) is 0 Å². The summed E-state index contributed by atoms with van der Waals surface area (Å²) in [5.74, 6) is 0. The van der Waals surface area contributed by atoms with E-state index >= 15 is 0 Å². The second kappa shape index (κ2) is 5.90. The van der Waals surface area contributed by atoms with E-state index in [0.29, 0.717) is 0 Å². The van der Waals surface area contributed by atoms with Crippen LogP contribution in [0.5, 0.6) is 0 Å². The molecule has 6 atom stereocenters. The van der Waals surface area contributed by atoms with Gasteiger partial charge in [-0.1, -0.05) is 6.92 Å². The highest BCUT2D eigenvalue weighted by Crippen LogP contribution is 2.23. The van der Waals surface area contributed by atoms with E-state index in [2.05, 4.69) is 0 Å². The molecule has 1 rings (SSSR count). The topological polar surface area (TPSA) is 99.4 Å². The Morgan fingerprint density at radius 1 is 1.19 bits per heavy atom. The molecule has 96 valence electrons. The molecule has 1 fully saturated rings. The van der Waals surface area contributed by atoms with Crippen LogP contribution in [0.3, 0.4) is 0 Å². The van der Waals surface area contributed by atoms with Crippen LogP contribution in [0.1, 0.15) is 20.3 Å². The van der Waals surface area contributed by atoms with Gasteiger partial charge in [0.05, 0.1) is 12.7 Å². The summed E-state index contributed by atoms with van der Waals surface area (Å²) in [6.45, 7) is 3.28. The molecule has 0 aromatic heterocycles. The maximum Gasteiger partial charge on any atom is 0.186 e. The third-order valence-electron chi connectivity index (χ3n) is 2.79. The Morgan fingerprint density at radius 2 is 1.81 bits per heavy atom. The second-order valence-electron chi connectivity index (χ2n) is 4.05. The molecule has 0 bridgehead atoms. The lowest BCUT2D eigenvalue weighted by molar-refractivity contribution is -0.310. The average Bonchev–Trinajstić information content (AvgIpc) is 2.29. The van der Waals surface area contributed by atoms with E-state index in [4.69, 9.17) is 14.6 Å². The minimum Gasteiger partial charge on any atom is -0.394 e. The van der Waals surface area contributed by atoms with Gasteiger partial charge in [0.15, 0.2) is 6.29 Å². The van der Waals surface area contributed by atoms with E-state index in [1.54, 1.807) is 6.92 Å². The highest BCUT2D eigenvalue weighted by Gasteiger charge is 2.44. The van der Waals surface area contributed by atoms with Gasteiger partial charge in [-0.15, -0.1) is 0 Å². The van der Waals surface area contributed by atoms with Gasteiger partial charge in [-0.25, -0.2) is 0 Å². The maximum atomic E-state index is 9.62. The van der Waals surface area contributed by atoms with Gasteiger partial charge >= 0.3 is 0 Å². The normalized spacial score (nSPS) is 42.0. The molecule has 0 aromatic rings. The Kier molecular flexibility index (Phi) is 5.10. The Bertz CT molecular complexity index is 209. The van der Waals surface area contributed by atoms with Crippen LogP contribution in [0.4, 0.5) is 0 Å². The van der Waals surface area contributed by atoms with E-state index in [0.717, 1.165) is 6.42 Å². The molecule has 0 spiro atoms. The summed E-state index contributed by atoms with van der Waals surface area (Å²) in [5, 5.41) is 37.6. The van der Waals surface area contributed by atoms with E-state index in [1.807, 2.05) is 6.92 Å². The zero-order chi connectivity index (χ0) is 12.3. The van der Waals surface area contributed by atoms with Crippen LogP contribution in [0.25, 0.3) is 0 Å². The predicted molar refractivity (Wildman–Crippen MR) is 54.6 cm³/mol. The van der Waals surface area contributed by atoms with Gasteiger partial charge in [-0.3, -0.25) is 0 Å². The van der Waals surface area contributed by atoms with Crippen molar-refractivity contribution in [2.45, 2.75) is 57.1 Å². The monoisotopic (exact) mass is 236 g/mol. The van der Waals surface area contributed by atoms with Crippen LogP contribution in [0, 0.1) is 0 Å². The van der Waals surface area contributed by atoms with Crippen LogP contribution in [0.15, 0.2) is 0 Å². The van der Waals surface area contributed by atoms with Gasteiger partial charge < -0.3 is 29.9 Å². The molecule has 1 heterocycles. The smallest absolute Gasteiger partial charge is 0.186 e. The Hall–Kier alpha value is -0.240. The van der Waals surface area contributed by atoms with Crippen molar-refractivity contribution in [3.05, 3.63) is 0 Å². The van der Waals surface area contributed by atoms with Crippen molar-refractivity contribution in [3.8, 4) is 0 Å². The lowest BCUT2D eigenvalue weighted by Crippen LogP contribution is -2.59. The first-order chi connectivity index (χ1) is 7.51. The first-order valence-corrected chi connectivity index (χ1v) is 5.47. The van der Waals surface area contributed by atoms with Gasteiger partial charge in [-0.2, -0.15) is 0 Å². The highest BCUT2D eigenvalue weighted by molar-refractivity contribution is 4.89. The van der Waals surface area contributed by atoms with Gasteiger partial charge in [0.1, 0.15) is 24.4 Å². The minimum absolute atomic E-state index is 0.138. The molecule has 6 nitrogen and oxygen atoms in total. The number of hydrogen-bond acceptors (Lipinski definition) is 6. The molecule has 1 aliphatic rings. The SMILES string of the molecule is CCC(C)O[C@@H]1OC(CO)[C@@H](O)[C@H](O)C1O. The van der Waals surface area contributed by atoms with Crippen molar-refractivity contribution >= 4 is 0 Å². The Balaban J connectivity index is 2.63. The minimum atomic E-state index is -1.38. The van der Waals surface area contributed by atoms with Crippen molar-refractivity contribution in [1.82, 2.24) is 0 Å². The van der Waals surface area contributed by atoms with Gasteiger partial charge in [0, 0.05) is 0 Å². The van der Waals surface area contributed by atoms with E-state index < -0.39 is 37.3 Å². The van der Waals surface area contributed by atoms with E-state index in [9.17, 15) is 15.3 Å².